The van der Waals surface area contributed by atoms with E-state index >= 15 is 0 Å². The Morgan fingerprint density at radius 1 is 1.12 bits per heavy atom. The molecule has 2 amide bonds. The smallest absolute Gasteiger partial charge is 0.329 e. The summed E-state index contributed by atoms with van der Waals surface area (Å²) in [6.45, 7) is 6.29. The van der Waals surface area contributed by atoms with Crippen LogP contribution < -0.4 is 15.5 Å². The number of nitrogens with zero attached hydrogens (tertiary/aromatic N) is 1. The molecule has 0 aliphatic carbocycles. The molecule has 0 aliphatic heterocycles. The molecule has 2 aromatic rings. The van der Waals surface area contributed by atoms with E-state index in [0.717, 1.165) is 15.6 Å². The number of rotatable bonds is 5. The number of hydrogen-bond donors (Lipinski definition) is 2. The van der Waals surface area contributed by atoms with E-state index in [9.17, 15) is 9.59 Å². The number of amides is 2. The molecule has 0 saturated heterocycles. The van der Waals surface area contributed by atoms with Gasteiger partial charge in [0.1, 0.15) is 5.75 Å². The summed E-state index contributed by atoms with van der Waals surface area (Å²) >= 11 is 3.37. The van der Waals surface area contributed by atoms with Crippen molar-refractivity contribution >= 4 is 39.6 Å². The standard InChI is InChI=1S/C19H20BrN3O3/c1-4-26-17-8-6-15(20)10-14(17)11-21-23-19(25)18(24)22-16-7-5-12(2)13(3)9-16/h5-11H,4H2,1-3H3,(H,22,24)(H,23,25)/b21-11-. The third kappa shape index (κ3) is 5.42. The Kier molecular flexibility index (Phi) is 6.91. The van der Waals surface area contributed by atoms with Gasteiger partial charge in [-0.25, -0.2) is 5.43 Å². The fraction of sp³-hybridized carbons (Fsp3) is 0.211. The number of hydrogen-bond acceptors (Lipinski definition) is 4. The maximum Gasteiger partial charge on any atom is 0.329 e. The van der Waals surface area contributed by atoms with Gasteiger partial charge in [-0.1, -0.05) is 22.0 Å². The zero-order chi connectivity index (χ0) is 19.1. The van der Waals surface area contributed by atoms with Crippen molar-refractivity contribution in [3.05, 3.63) is 57.6 Å². The largest absolute Gasteiger partial charge is 0.493 e. The van der Waals surface area contributed by atoms with Crippen molar-refractivity contribution in [2.24, 2.45) is 5.10 Å². The van der Waals surface area contributed by atoms with Crippen LogP contribution in [0.1, 0.15) is 23.6 Å². The van der Waals surface area contributed by atoms with Crippen LogP contribution in [-0.2, 0) is 9.59 Å². The average molecular weight is 418 g/mol. The highest BCUT2D eigenvalue weighted by Crippen LogP contribution is 2.21. The summed E-state index contributed by atoms with van der Waals surface area (Å²) in [7, 11) is 0. The van der Waals surface area contributed by atoms with Crippen LogP contribution in [-0.4, -0.2) is 24.6 Å². The average Bonchev–Trinajstić information content (AvgIpc) is 2.60. The van der Waals surface area contributed by atoms with E-state index in [1.165, 1.54) is 6.21 Å². The van der Waals surface area contributed by atoms with Crippen molar-refractivity contribution < 1.29 is 14.3 Å². The zero-order valence-corrected chi connectivity index (χ0v) is 16.4. The first-order valence-corrected chi connectivity index (χ1v) is 8.84. The lowest BCUT2D eigenvalue weighted by molar-refractivity contribution is -0.136. The van der Waals surface area contributed by atoms with Crippen LogP contribution in [0.15, 0.2) is 46.0 Å². The Labute approximate surface area is 160 Å². The maximum atomic E-state index is 11.9. The van der Waals surface area contributed by atoms with Gasteiger partial charge in [0.2, 0.25) is 0 Å². The fourth-order valence-corrected chi connectivity index (χ4v) is 2.50. The highest BCUT2D eigenvalue weighted by atomic mass is 79.9. The molecule has 7 heteroatoms. The van der Waals surface area contributed by atoms with Gasteiger partial charge in [-0.05, 0) is 62.2 Å². The Bertz CT molecular complexity index is 850. The number of ether oxygens (including phenoxy) is 1. The zero-order valence-electron chi connectivity index (χ0n) is 14.8. The van der Waals surface area contributed by atoms with Crippen LogP contribution in [0, 0.1) is 13.8 Å². The predicted octanol–water partition coefficient (Wildman–Crippen LogP) is 3.55. The van der Waals surface area contributed by atoms with E-state index < -0.39 is 11.8 Å². The Morgan fingerprint density at radius 2 is 1.88 bits per heavy atom. The minimum Gasteiger partial charge on any atom is -0.493 e. The molecule has 0 atom stereocenters. The minimum atomic E-state index is -0.854. The second kappa shape index (κ2) is 9.15. The van der Waals surface area contributed by atoms with E-state index in [2.05, 4.69) is 31.8 Å². The predicted molar refractivity (Wildman–Crippen MR) is 106 cm³/mol. The normalized spacial score (nSPS) is 10.6. The second-order valence-electron chi connectivity index (χ2n) is 5.57. The van der Waals surface area contributed by atoms with Gasteiger partial charge in [0.05, 0.1) is 12.8 Å². The molecule has 26 heavy (non-hydrogen) atoms. The molecule has 2 N–H and O–H groups in total. The molecule has 0 bridgehead atoms. The first kappa shape index (κ1) is 19.7. The number of halogens is 1. The highest BCUT2D eigenvalue weighted by molar-refractivity contribution is 9.10. The van der Waals surface area contributed by atoms with Gasteiger partial charge in [0.25, 0.3) is 0 Å². The quantitative estimate of drug-likeness (QED) is 0.443. The molecule has 136 valence electrons. The third-order valence-electron chi connectivity index (χ3n) is 3.61. The number of carbonyl (C=O) groups is 2. The van der Waals surface area contributed by atoms with Gasteiger partial charge in [0, 0.05) is 15.7 Å². The lowest BCUT2D eigenvalue weighted by Gasteiger charge is -2.08. The second-order valence-corrected chi connectivity index (χ2v) is 6.48. The maximum absolute atomic E-state index is 11.9. The van der Waals surface area contributed by atoms with Crippen LogP contribution in [0.4, 0.5) is 5.69 Å². The number of benzene rings is 2. The molecule has 0 saturated carbocycles. The van der Waals surface area contributed by atoms with Gasteiger partial charge in [-0.3, -0.25) is 9.59 Å². The molecular weight excluding hydrogens is 398 g/mol. The molecule has 6 nitrogen and oxygen atoms in total. The molecule has 2 aromatic carbocycles. The fourth-order valence-electron chi connectivity index (χ4n) is 2.13. The van der Waals surface area contributed by atoms with Crippen molar-refractivity contribution in [3.8, 4) is 5.75 Å². The number of nitrogens with one attached hydrogen (secondary N) is 2. The van der Waals surface area contributed by atoms with E-state index in [4.69, 9.17) is 4.74 Å². The topological polar surface area (TPSA) is 79.8 Å². The van der Waals surface area contributed by atoms with E-state index in [1.54, 1.807) is 24.3 Å². The highest BCUT2D eigenvalue weighted by Gasteiger charge is 2.13. The van der Waals surface area contributed by atoms with Crippen molar-refractivity contribution in [2.75, 3.05) is 11.9 Å². The number of anilines is 1. The lowest BCUT2D eigenvalue weighted by Crippen LogP contribution is -2.32. The SMILES string of the molecule is CCOc1ccc(Br)cc1/C=N\NC(=O)C(=O)Nc1ccc(C)c(C)c1. The van der Waals surface area contributed by atoms with E-state index in [1.807, 2.05) is 32.9 Å². The van der Waals surface area contributed by atoms with Crippen molar-refractivity contribution in [1.82, 2.24) is 5.43 Å². The summed E-state index contributed by atoms with van der Waals surface area (Å²) in [5.74, 6) is -1.01. The molecule has 2 rings (SSSR count). The first-order valence-electron chi connectivity index (χ1n) is 8.04. The number of carbonyl (C=O) groups excluding carboxylic acids is 2. The Hall–Kier alpha value is -2.67. The molecular formula is C19H20BrN3O3. The van der Waals surface area contributed by atoms with Gasteiger partial charge in [0.15, 0.2) is 0 Å². The third-order valence-corrected chi connectivity index (χ3v) is 4.11. The Morgan fingerprint density at radius 3 is 2.58 bits per heavy atom. The van der Waals surface area contributed by atoms with E-state index in [0.29, 0.717) is 23.6 Å². The lowest BCUT2D eigenvalue weighted by atomic mass is 10.1. The van der Waals surface area contributed by atoms with Gasteiger partial charge in [-0.2, -0.15) is 5.10 Å². The summed E-state index contributed by atoms with van der Waals surface area (Å²) in [5, 5.41) is 6.38. The molecule has 0 aliphatic rings. The van der Waals surface area contributed by atoms with Crippen LogP contribution >= 0.6 is 15.9 Å². The van der Waals surface area contributed by atoms with E-state index in [-0.39, 0.29) is 0 Å². The van der Waals surface area contributed by atoms with Crippen molar-refractivity contribution in [2.45, 2.75) is 20.8 Å². The van der Waals surface area contributed by atoms with Gasteiger partial charge >= 0.3 is 11.8 Å². The summed E-state index contributed by atoms with van der Waals surface area (Å²) in [4.78, 5) is 23.8. The monoisotopic (exact) mass is 417 g/mol. The van der Waals surface area contributed by atoms with Crippen LogP contribution in [0.5, 0.6) is 5.75 Å². The van der Waals surface area contributed by atoms with Crippen LogP contribution in [0.2, 0.25) is 0 Å². The number of hydrazone groups is 1. The summed E-state index contributed by atoms with van der Waals surface area (Å²) in [6.07, 6.45) is 1.43. The molecule has 0 unspecified atom stereocenters. The summed E-state index contributed by atoms with van der Waals surface area (Å²) in [5.41, 5.74) is 5.58. The minimum absolute atomic E-state index is 0.507. The summed E-state index contributed by atoms with van der Waals surface area (Å²) < 4.78 is 6.34. The van der Waals surface area contributed by atoms with Crippen molar-refractivity contribution in [3.63, 3.8) is 0 Å². The van der Waals surface area contributed by atoms with Gasteiger partial charge < -0.3 is 10.1 Å². The van der Waals surface area contributed by atoms with Gasteiger partial charge in [-0.15, -0.1) is 0 Å². The molecule has 0 radical (unpaired) electrons. The molecule has 0 fully saturated rings. The Balaban J connectivity index is 1.99. The van der Waals surface area contributed by atoms with Crippen molar-refractivity contribution in [1.29, 1.82) is 0 Å². The van der Waals surface area contributed by atoms with Crippen LogP contribution in [0.3, 0.4) is 0 Å². The molecule has 0 aromatic heterocycles. The molecule has 0 heterocycles. The number of aryl methyl sites for hydroxylation is 2. The first-order chi connectivity index (χ1) is 12.4. The molecule has 0 spiro atoms. The van der Waals surface area contributed by atoms with Crippen LogP contribution in [0.25, 0.3) is 0 Å². The summed E-state index contributed by atoms with van der Waals surface area (Å²) in [6, 6.07) is 10.9.